The molecule has 1 rings (SSSR count). The van der Waals surface area contributed by atoms with Crippen LogP contribution >= 0.6 is 11.8 Å². The maximum Gasteiger partial charge on any atom is 0.129 e. The zero-order valence-corrected chi connectivity index (χ0v) is 8.92. The number of hydrogen-bond donors (Lipinski definition) is 0. The molecule has 0 bridgehead atoms. The van der Waals surface area contributed by atoms with Crippen molar-refractivity contribution >= 4 is 17.8 Å². The molecule has 0 amide bonds. The first-order chi connectivity index (χ1) is 6.29. The summed E-state index contributed by atoms with van der Waals surface area (Å²) in [4.78, 5) is 10.3. The van der Waals surface area contributed by atoms with Crippen molar-refractivity contribution in [3.05, 3.63) is 11.5 Å². The van der Waals surface area contributed by atoms with Crippen LogP contribution in [-0.4, -0.2) is 43.5 Å². The third-order valence-electron chi connectivity index (χ3n) is 1.59. The van der Waals surface area contributed by atoms with Gasteiger partial charge < -0.3 is 4.90 Å². The number of rotatable bonds is 5. The van der Waals surface area contributed by atoms with Crippen molar-refractivity contribution in [3.8, 4) is 0 Å². The summed E-state index contributed by atoms with van der Waals surface area (Å²) in [6.07, 6.45) is 3.11. The molecular formula is C9H15N3S. The van der Waals surface area contributed by atoms with E-state index < -0.39 is 0 Å². The molecule has 0 fully saturated rings. The molecule has 1 heterocycles. The van der Waals surface area contributed by atoms with E-state index in [2.05, 4.69) is 35.0 Å². The van der Waals surface area contributed by atoms with Gasteiger partial charge in [-0.2, -0.15) is 0 Å². The number of aliphatic imine (C=N–C) groups is 2. The Kier molecular flexibility index (Phi) is 4.83. The van der Waals surface area contributed by atoms with Crippen molar-refractivity contribution in [2.45, 2.75) is 11.8 Å². The van der Waals surface area contributed by atoms with Crippen LogP contribution in [-0.2, 0) is 0 Å². The average molecular weight is 197 g/mol. The number of hydrogen-bond acceptors (Lipinski definition) is 4. The summed E-state index contributed by atoms with van der Waals surface area (Å²) in [5.41, 5.74) is 0. The summed E-state index contributed by atoms with van der Waals surface area (Å²) in [7, 11) is 4.13. The molecule has 0 aromatic carbocycles. The normalized spacial score (nSPS) is 19.5. The second-order valence-corrected chi connectivity index (χ2v) is 4.15. The lowest BCUT2D eigenvalue weighted by Crippen LogP contribution is -2.13. The molecule has 3 nitrogen and oxygen atoms in total. The third kappa shape index (κ3) is 4.88. The van der Waals surface area contributed by atoms with Gasteiger partial charge in [-0.25, -0.2) is 9.98 Å². The SMILES string of the molecule is CN(C)CCCN=C=NC1C=CS1. The minimum Gasteiger partial charge on any atom is -0.309 e. The first kappa shape index (κ1) is 10.5. The minimum absolute atomic E-state index is 0.276. The van der Waals surface area contributed by atoms with E-state index in [1.807, 2.05) is 11.5 Å². The van der Waals surface area contributed by atoms with Gasteiger partial charge in [0.2, 0.25) is 0 Å². The Hall–Kier alpha value is -0.570. The van der Waals surface area contributed by atoms with E-state index in [1.54, 1.807) is 11.8 Å². The van der Waals surface area contributed by atoms with Crippen LogP contribution in [0.1, 0.15) is 6.42 Å². The Balaban J connectivity index is 2.03. The summed E-state index contributed by atoms with van der Waals surface area (Å²) in [6, 6.07) is 2.72. The fourth-order valence-corrected chi connectivity index (χ4v) is 1.24. The first-order valence-corrected chi connectivity index (χ1v) is 5.31. The van der Waals surface area contributed by atoms with Crippen LogP contribution in [0, 0.1) is 0 Å². The largest absolute Gasteiger partial charge is 0.309 e. The average Bonchev–Trinajstić information content (AvgIpc) is 1.99. The fourth-order valence-electron chi connectivity index (χ4n) is 0.836. The monoisotopic (exact) mass is 197 g/mol. The van der Waals surface area contributed by atoms with Crippen LogP contribution in [0.25, 0.3) is 0 Å². The van der Waals surface area contributed by atoms with E-state index in [4.69, 9.17) is 0 Å². The molecule has 1 unspecified atom stereocenters. The van der Waals surface area contributed by atoms with Crippen LogP contribution in [0.15, 0.2) is 21.5 Å². The quantitative estimate of drug-likeness (QED) is 0.495. The van der Waals surface area contributed by atoms with E-state index in [0.717, 1.165) is 19.5 Å². The molecule has 1 aliphatic heterocycles. The third-order valence-corrected chi connectivity index (χ3v) is 2.45. The predicted octanol–water partition coefficient (Wildman–Crippen LogP) is 1.70. The summed E-state index contributed by atoms with van der Waals surface area (Å²) in [6.45, 7) is 1.89. The molecule has 0 aromatic heterocycles. The van der Waals surface area contributed by atoms with Gasteiger partial charge in [-0.15, -0.1) is 11.8 Å². The van der Waals surface area contributed by atoms with E-state index in [-0.39, 0.29) is 5.37 Å². The molecule has 1 atom stereocenters. The lowest BCUT2D eigenvalue weighted by Gasteiger charge is -2.08. The molecule has 0 saturated heterocycles. The van der Waals surface area contributed by atoms with Crippen molar-refractivity contribution in [2.24, 2.45) is 9.98 Å². The van der Waals surface area contributed by atoms with Crippen LogP contribution in [0.3, 0.4) is 0 Å². The van der Waals surface area contributed by atoms with Crippen LogP contribution < -0.4 is 0 Å². The van der Waals surface area contributed by atoms with Crippen molar-refractivity contribution in [1.29, 1.82) is 0 Å². The Morgan fingerprint density at radius 3 is 2.85 bits per heavy atom. The highest BCUT2D eigenvalue weighted by molar-refractivity contribution is 8.04. The smallest absolute Gasteiger partial charge is 0.129 e. The molecule has 1 aliphatic rings. The van der Waals surface area contributed by atoms with E-state index in [0.29, 0.717) is 0 Å². The van der Waals surface area contributed by atoms with E-state index >= 15 is 0 Å². The lowest BCUT2D eigenvalue weighted by atomic mass is 10.4. The molecule has 0 N–H and O–H groups in total. The molecule has 4 heteroatoms. The molecule has 0 radical (unpaired) electrons. The second kappa shape index (κ2) is 5.97. The minimum atomic E-state index is 0.276. The second-order valence-electron chi connectivity index (χ2n) is 3.12. The highest BCUT2D eigenvalue weighted by atomic mass is 32.2. The Morgan fingerprint density at radius 1 is 1.54 bits per heavy atom. The molecule has 0 aromatic rings. The molecule has 0 aliphatic carbocycles. The number of nitrogens with zero attached hydrogens (tertiary/aromatic N) is 3. The maximum absolute atomic E-state index is 4.09. The molecule has 13 heavy (non-hydrogen) atoms. The molecule has 0 spiro atoms. The molecule has 72 valence electrons. The first-order valence-electron chi connectivity index (χ1n) is 4.37. The molecule has 0 saturated carbocycles. The van der Waals surface area contributed by atoms with Crippen molar-refractivity contribution in [2.75, 3.05) is 27.2 Å². The zero-order valence-electron chi connectivity index (χ0n) is 8.10. The standard InChI is InChI=1S/C9H15N3S/c1-12(2)6-3-5-10-8-11-9-4-7-13-9/h4,7,9H,3,5-6H2,1-2H3. The molecular weight excluding hydrogens is 182 g/mol. The fraction of sp³-hybridized carbons (Fsp3) is 0.667. The van der Waals surface area contributed by atoms with Crippen molar-refractivity contribution in [1.82, 2.24) is 4.90 Å². The van der Waals surface area contributed by atoms with Crippen LogP contribution in [0.4, 0.5) is 0 Å². The van der Waals surface area contributed by atoms with Gasteiger partial charge in [0.25, 0.3) is 0 Å². The highest BCUT2D eigenvalue weighted by Crippen LogP contribution is 2.24. The highest BCUT2D eigenvalue weighted by Gasteiger charge is 2.05. The van der Waals surface area contributed by atoms with E-state index in [9.17, 15) is 0 Å². The van der Waals surface area contributed by atoms with Gasteiger partial charge in [-0.05, 0) is 38.5 Å². The zero-order chi connectivity index (χ0) is 9.52. The van der Waals surface area contributed by atoms with Crippen LogP contribution in [0.2, 0.25) is 0 Å². The Morgan fingerprint density at radius 2 is 2.31 bits per heavy atom. The van der Waals surface area contributed by atoms with Gasteiger partial charge in [0, 0.05) is 0 Å². The van der Waals surface area contributed by atoms with Crippen molar-refractivity contribution in [3.63, 3.8) is 0 Å². The number of thioether (sulfide) groups is 1. The summed E-state index contributed by atoms with van der Waals surface area (Å²) >= 11 is 1.70. The summed E-state index contributed by atoms with van der Waals surface area (Å²) < 4.78 is 0. The van der Waals surface area contributed by atoms with Gasteiger partial charge in [0.05, 0.1) is 12.6 Å². The van der Waals surface area contributed by atoms with Crippen LogP contribution in [0.5, 0.6) is 0 Å². The van der Waals surface area contributed by atoms with Gasteiger partial charge in [0.1, 0.15) is 5.37 Å². The van der Waals surface area contributed by atoms with E-state index in [1.165, 1.54) is 0 Å². The Bertz CT molecular complexity index is 229. The van der Waals surface area contributed by atoms with Gasteiger partial charge in [-0.1, -0.05) is 0 Å². The Labute approximate surface area is 83.6 Å². The maximum atomic E-state index is 4.09. The van der Waals surface area contributed by atoms with Gasteiger partial charge in [-0.3, -0.25) is 0 Å². The summed E-state index contributed by atoms with van der Waals surface area (Å²) in [5, 5.41) is 2.31. The topological polar surface area (TPSA) is 28.0 Å². The predicted molar refractivity (Wildman–Crippen MR) is 58.4 cm³/mol. The summed E-state index contributed by atoms with van der Waals surface area (Å²) in [5.74, 6) is 0. The van der Waals surface area contributed by atoms with Gasteiger partial charge in [0.15, 0.2) is 0 Å². The lowest BCUT2D eigenvalue weighted by molar-refractivity contribution is 0.403. The van der Waals surface area contributed by atoms with Gasteiger partial charge >= 0.3 is 0 Å². The van der Waals surface area contributed by atoms with Crippen molar-refractivity contribution < 1.29 is 0 Å².